The van der Waals surface area contributed by atoms with Gasteiger partial charge in [0.2, 0.25) is 11.2 Å². The highest BCUT2D eigenvalue weighted by atomic mass is 32.2. The van der Waals surface area contributed by atoms with Crippen LogP contribution in [0.2, 0.25) is 0 Å². The number of carboxylic acid groups (broad SMARTS) is 1. The van der Waals surface area contributed by atoms with Crippen molar-refractivity contribution < 1.29 is 28.7 Å². The third kappa shape index (κ3) is 4.75. The first-order valence-electron chi connectivity index (χ1n) is 10.4. The fourth-order valence-corrected chi connectivity index (χ4v) is 6.67. The molecular formula is C19H17FN9O7S3+. The quantitative estimate of drug-likeness (QED) is 0.0927. The Hall–Kier alpha value is -4.22. The predicted octanol–water partition coefficient (Wildman–Crippen LogP) is -1.18. The van der Waals surface area contributed by atoms with E-state index in [1.54, 1.807) is 0 Å². The summed E-state index contributed by atoms with van der Waals surface area (Å²) >= 11 is 2.37. The summed E-state index contributed by atoms with van der Waals surface area (Å²) in [6.07, 6.45) is 0. The Balaban J connectivity index is 1.62. The normalized spacial score (nSPS) is 20.7. The number of carbonyl (C=O) groups excluding carboxylic acids is 2. The zero-order chi connectivity index (χ0) is 28.6. The number of thioether (sulfide) groups is 2. The van der Waals surface area contributed by atoms with Gasteiger partial charge in [0.15, 0.2) is 16.0 Å². The van der Waals surface area contributed by atoms with Gasteiger partial charge in [-0.3, -0.25) is 29.0 Å². The van der Waals surface area contributed by atoms with Gasteiger partial charge >= 0.3 is 22.1 Å². The molecule has 0 bridgehead atoms. The van der Waals surface area contributed by atoms with Gasteiger partial charge in [0.1, 0.15) is 18.5 Å². The van der Waals surface area contributed by atoms with Gasteiger partial charge < -0.3 is 21.0 Å². The number of β-lactam (4-membered cyclic amide) rings is 1. The zero-order valence-electron chi connectivity index (χ0n) is 19.8. The number of H-pyrrole nitrogens is 1. The zero-order valence-corrected chi connectivity index (χ0v) is 22.3. The monoisotopic (exact) mass is 598 g/mol. The van der Waals surface area contributed by atoms with Crippen molar-refractivity contribution in [1.82, 2.24) is 30.0 Å². The second kappa shape index (κ2) is 10.5. The molecule has 4 heterocycles. The molecule has 204 valence electrons. The molecule has 20 heteroatoms. The maximum atomic E-state index is 14.2. The number of thiazole rings is 1. The highest BCUT2D eigenvalue weighted by Crippen LogP contribution is 2.51. The van der Waals surface area contributed by atoms with E-state index in [4.69, 9.17) is 12.3 Å². The molecule has 1 fully saturated rings. The van der Waals surface area contributed by atoms with Crippen LogP contribution in [0.1, 0.15) is 5.69 Å². The molecule has 1 saturated heterocycles. The second-order valence-electron chi connectivity index (χ2n) is 7.70. The van der Waals surface area contributed by atoms with Crippen molar-refractivity contribution in [3.63, 3.8) is 0 Å². The molecule has 2 aliphatic rings. The summed E-state index contributed by atoms with van der Waals surface area (Å²) in [4.78, 5) is 76.2. The van der Waals surface area contributed by atoms with E-state index in [0.717, 1.165) is 35.5 Å². The number of nitrogens with zero attached hydrogens (tertiary/aromatic N) is 6. The van der Waals surface area contributed by atoms with Crippen LogP contribution in [0.4, 0.5) is 9.52 Å². The Labute approximate surface area is 228 Å². The van der Waals surface area contributed by atoms with Crippen molar-refractivity contribution in [3.8, 4) is 6.57 Å². The van der Waals surface area contributed by atoms with Crippen molar-refractivity contribution in [2.24, 2.45) is 12.2 Å². The highest BCUT2D eigenvalue weighted by Gasteiger charge is 2.75. The predicted molar refractivity (Wildman–Crippen MR) is 138 cm³/mol. The molecule has 2 amide bonds. The van der Waals surface area contributed by atoms with Crippen LogP contribution in [0.5, 0.6) is 0 Å². The van der Waals surface area contributed by atoms with Crippen LogP contribution >= 0.6 is 34.9 Å². The number of oxime groups is 1. The number of nitrogens with one attached hydrogen (secondary N) is 2. The maximum absolute atomic E-state index is 14.2. The Bertz CT molecular complexity index is 1620. The lowest BCUT2D eigenvalue weighted by Crippen LogP contribution is -2.77. The Morgan fingerprint density at radius 1 is 1.44 bits per heavy atom. The molecule has 0 spiro atoms. The average Bonchev–Trinajstić information content (AvgIpc) is 3.23. The number of anilines is 1. The fourth-order valence-electron chi connectivity index (χ4n) is 3.72. The van der Waals surface area contributed by atoms with E-state index in [-0.39, 0.29) is 27.4 Å². The van der Waals surface area contributed by atoms with Crippen LogP contribution in [0.25, 0.3) is 4.85 Å². The number of carbonyl (C=O) groups is 3. The lowest BCUT2D eigenvalue weighted by Gasteiger charge is -2.47. The number of aromatic amines is 1. The molecule has 0 saturated carbocycles. The number of aliphatic carboxylic acids is 1. The van der Waals surface area contributed by atoms with Gasteiger partial charge in [-0.2, -0.15) is 9.37 Å². The number of carboxylic acids is 1. The van der Waals surface area contributed by atoms with E-state index in [1.807, 2.05) is 0 Å². The van der Waals surface area contributed by atoms with Crippen LogP contribution in [0.15, 0.2) is 31.2 Å². The molecule has 0 aliphatic carbocycles. The number of hydrogen-bond donors (Lipinski definition) is 4. The van der Waals surface area contributed by atoms with E-state index in [0.29, 0.717) is 11.3 Å². The van der Waals surface area contributed by atoms with Gasteiger partial charge in [0.25, 0.3) is 18.4 Å². The maximum Gasteiger partial charge on any atom is 0.439 e. The van der Waals surface area contributed by atoms with E-state index in [1.165, 1.54) is 11.7 Å². The second-order valence-corrected chi connectivity index (χ2v) is 10.8. The highest BCUT2D eigenvalue weighted by molar-refractivity contribution is 8.01. The third-order valence-electron chi connectivity index (χ3n) is 5.39. The summed E-state index contributed by atoms with van der Waals surface area (Å²) in [7, 11) is 2.55. The van der Waals surface area contributed by atoms with Crippen LogP contribution in [-0.2, 0) is 26.3 Å². The lowest BCUT2D eigenvalue weighted by molar-refractivity contribution is -0.154. The molecule has 2 aromatic heterocycles. The van der Waals surface area contributed by atoms with Gasteiger partial charge in [-0.15, -0.1) is 0 Å². The van der Waals surface area contributed by atoms with Crippen molar-refractivity contribution in [2.45, 2.75) is 16.2 Å². The minimum Gasteiger partial charge on any atom is -0.477 e. The van der Waals surface area contributed by atoms with Crippen molar-refractivity contribution in [3.05, 3.63) is 47.6 Å². The van der Waals surface area contributed by atoms with Crippen LogP contribution in [0.3, 0.4) is 0 Å². The van der Waals surface area contributed by atoms with Gasteiger partial charge in [-0.25, -0.2) is 14.7 Å². The van der Waals surface area contributed by atoms with Crippen LogP contribution < -0.4 is 22.2 Å². The number of aromatic nitrogens is 4. The molecule has 5 N–H and O–H groups in total. The van der Waals surface area contributed by atoms with Crippen molar-refractivity contribution in [2.75, 3.05) is 24.3 Å². The first kappa shape index (κ1) is 27.8. The molecule has 0 aromatic carbocycles. The van der Waals surface area contributed by atoms with Crippen molar-refractivity contribution in [1.29, 1.82) is 0 Å². The smallest absolute Gasteiger partial charge is 0.439 e. The molecule has 2 aliphatic heterocycles. The summed E-state index contributed by atoms with van der Waals surface area (Å²) in [6.45, 7) is 5.62. The Kier molecular flexibility index (Phi) is 7.49. The number of halogens is 1. The Morgan fingerprint density at radius 2 is 2.15 bits per heavy atom. The summed E-state index contributed by atoms with van der Waals surface area (Å²) in [5.74, 6) is -3.44. The van der Waals surface area contributed by atoms with E-state index in [9.17, 15) is 33.5 Å². The molecule has 16 nitrogen and oxygen atoms in total. The molecule has 0 radical (unpaired) electrons. The molecule has 2 aromatic rings. The lowest BCUT2D eigenvalue weighted by atomic mass is 9.98. The molecule has 4 rings (SSSR count). The number of nitrogen functional groups attached to an aromatic ring is 1. The van der Waals surface area contributed by atoms with E-state index in [2.05, 4.69) is 35.2 Å². The SMILES string of the molecule is C#[N+]C12SCC(CSc3nc(=O)c(=O)[nH]n3C)=C(C(=O)O)N1C(=O)C2NC(=O)C(=NOC)c1nc(N)sc1F. The molecule has 2 unspecified atom stereocenters. The topological polar surface area (TPSA) is 219 Å². The van der Waals surface area contributed by atoms with E-state index >= 15 is 0 Å². The minimum atomic E-state index is -1.74. The average molecular weight is 599 g/mol. The molecular weight excluding hydrogens is 581 g/mol. The summed E-state index contributed by atoms with van der Waals surface area (Å²) in [6, 6.07) is -1.45. The van der Waals surface area contributed by atoms with Crippen molar-refractivity contribution >= 4 is 63.5 Å². The van der Waals surface area contributed by atoms with Crippen LogP contribution in [0, 0.1) is 11.7 Å². The van der Waals surface area contributed by atoms with E-state index < -0.39 is 62.2 Å². The number of amides is 2. The fraction of sp³-hybridized carbons (Fsp3) is 0.316. The first-order valence-corrected chi connectivity index (χ1v) is 13.2. The number of rotatable bonds is 8. The minimum absolute atomic E-state index is 0.000943. The largest absolute Gasteiger partial charge is 0.477 e. The summed E-state index contributed by atoms with van der Waals surface area (Å²) in [5, 5.41) is 17.1. The third-order valence-corrected chi connectivity index (χ3v) is 8.62. The Morgan fingerprint density at radius 3 is 2.74 bits per heavy atom. The van der Waals surface area contributed by atoms with Gasteiger partial charge in [0, 0.05) is 18.6 Å². The number of nitrogens with two attached hydrogens (primary N) is 1. The number of aryl methyl sites for hydroxylation is 1. The first-order chi connectivity index (χ1) is 18.4. The standard InChI is InChI=1S/C19H16FN9O7S3/c1-22-19-10(24-12(30)8(27-36-3)7-11(20)39-17(21)23-7)15(33)29(19)9(16(34)35)6(5-38-19)4-37-18-25-13(31)14(32)26-28(18)2/h1,10H,4-5H2,2-3H3,(H4-,21,23,24,26,30,32,34,35)/p+1. The van der Waals surface area contributed by atoms with Crippen LogP contribution in [-0.4, -0.2) is 82.9 Å². The number of hydrogen-bond acceptors (Lipinski definition) is 13. The van der Waals surface area contributed by atoms with Gasteiger partial charge in [-0.05, 0) is 22.2 Å². The molecule has 2 atom stereocenters. The molecule has 39 heavy (non-hydrogen) atoms. The summed E-state index contributed by atoms with van der Waals surface area (Å²) < 4.78 is 15.4. The van der Waals surface area contributed by atoms with Gasteiger partial charge in [-0.1, -0.05) is 28.3 Å². The van der Waals surface area contributed by atoms with Gasteiger partial charge in [0.05, 0.1) is 0 Å². The number of fused-ring (bicyclic) bond motifs is 1. The summed E-state index contributed by atoms with van der Waals surface area (Å²) in [5.41, 5.74) is 2.26.